The Morgan fingerprint density at radius 3 is 0.909 bits per heavy atom. The topological polar surface area (TPSA) is 27.7 Å². The first-order valence-electron chi connectivity index (χ1n) is 11.1. The van der Waals surface area contributed by atoms with Crippen LogP contribution in [0.15, 0.2) is 121 Å². The average Bonchev–Trinajstić information content (AvgIpc) is 2.90. The molecule has 0 radical (unpaired) electrons. The highest BCUT2D eigenvalue weighted by atomic mass is 31.1. The lowest BCUT2D eigenvalue weighted by Crippen LogP contribution is -2.17. The molecule has 0 aliphatic carbocycles. The second-order valence-corrected chi connectivity index (χ2v) is 11.0. The quantitative estimate of drug-likeness (QED) is 0.210. The summed E-state index contributed by atoms with van der Waals surface area (Å²) in [4.78, 5) is 0. The van der Waals surface area contributed by atoms with E-state index in [0.717, 1.165) is 0 Å². The van der Waals surface area contributed by atoms with Gasteiger partial charge in [-0.05, 0) is 0 Å². The third-order valence-electron chi connectivity index (χ3n) is 4.86. The zero-order valence-corrected chi connectivity index (χ0v) is 20.3. The zero-order chi connectivity index (χ0) is 22.6. The molecule has 0 aliphatic heterocycles. The Balaban J connectivity index is 1.25. The van der Waals surface area contributed by atoms with E-state index < -0.39 is 16.3 Å². The largest absolute Gasteiger partial charge is 0.377 e. The van der Waals surface area contributed by atoms with Gasteiger partial charge in [-0.1, -0.05) is 121 Å². The van der Waals surface area contributed by atoms with Gasteiger partial charge in [-0.25, -0.2) is 0 Å². The van der Waals surface area contributed by atoms with Gasteiger partial charge in [0.15, 0.2) is 0 Å². The molecule has 0 bridgehead atoms. The molecule has 0 aromatic heterocycles. The van der Waals surface area contributed by atoms with Crippen LogP contribution in [-0.4, -0.2) is 26.4 Å². The van der Waals surface area contributed by atoms with E-state index in [1.807, 2.05) is 24.3 Å². The molecule has 4 rings (SSSR count). The highest BCUT2D eigenvalue weighted by Crippen LogP contribution is 2.35. The Bertz CT molecular complexity index is 882. The van der Waals surface area contributed by atoms with E-state index in [1.165, 1.54) is 21.2 Å². The van der Waals surface area contributed by atoms with Gasteiger partial charge in [-0.2, -0.15) is 0 Å². The second-order valence-electron chi connectivity index (χ2n) is 7.21. The minimum absolute atomic E-state index is 0.538. The van der Waals surface area contributed by atoms with Gasteiger partial charge in [0.1, 0.15) is 0 Å². The monoisotopic (exact) mass is 474 g/mol. The number of hydrogen-bond donors (Lipinski definition) is 0. The summed E-state index contributed by atoms with van der Waals surface area (Å²) in [5.74, 6) is 0. The fourth-order valence-corrected chi connectivity index (χ4v) is 6.81. The van der Waals surface area contributed by atoms with Crippen LogP contribution in [0.25, 0.3) is 0 Å². The molecule has 0 heterocycles. The third-order valence-corrected chi connectivity index (χ3v) is 8.81. The molecule has 0 N–H and O–H groups in total. The lowest BCUT2D eigenvalue weighted by molar-refractivity contribution is 0.0835. The summed E-state index contributed by atoms with van der Waals surface area (Å²) in [6.45, 7) is 2.16. The Morgan fingerprint density at radius 2 is 0.636 bits per heavy atom. The van der Waals surface area contributed by atoms with Gasteiger partial charge in [-0.15, -0.1) is 0 Å². The van der Waals surface area contributed by atoms with Gasteiger partial charge >= 0.3 is 0 Å². The molecule has 0 spiro atoms. The molecule has 168 valence electrons. The van der Waals surface area contributed by atoms with E-state index in [1.54, 1.807) is 0 Å². The predicted molar refractivity (Wildman–Crippen MR) is 141 cm³/mol. The van der Waals surface area contributed by atoms with Gasteiger partial charge in [0.05, 0.1) is 42.7 Å². The van der Waals surface area contributed by atoms with Crippen LogP contribution < -0.4 is 21.2 Å². The zero-order valence-electron chi connectivity index (χ0n) is 18.5. The molecule has 4 aromatic carbocycles. The number of benzene rings is 4. The predicted octanol–water partition coefficient (Wildman–Crippen LogP) is 5.13. The third kappa shape index (κ3) is 7.30. The summed E-state index contributed by atoms with van der Waals surface area (Å²) < 4.78 is 18.4. The SMILES string of the molecule is c1ccc(P(OCCOCCOP(c2ccccc2)c2ccccc2)c2ccccc2)cc1. The number of ether oxygens (including phenoxy) is 1. The molecule has 0 unspecified atom stereocenters. The first-order chi connectivity index (χ1) is 16.4. The number of hydrogen-bond acceptors (Lipinski definition) is 3. The first kappa shape index (κ1) is 23.8. The average molecular weight is 474 g/mol. The molecule has 0 aliphatic rings. The minimum atomic E-state index is -0.854. The van der Waals surface area contributed by atoms with Crippen molar-refractivity contribution < 1.29 is 13.8 Å². The first-order valence-corrected chi connectivity index (χ1v) is 13.6. The maximum Gasteiger partial charge on any atom is 0.0918 e. The maximum atomic E-state index is 6.28. The van der Waals surface area contributed by atoms with Crippen molar-refractivity contribution in [2.24, 2.45) is 0 Å². The highest BCUT2D eigenvalue weighted by Gasteiger charge is 2.16. The molecule has 0 atom stereocenters. The fraction of sp³-hybridized carbons (Fsp3) is 0.143. The van der Waals surface area contributed by atoms with Crippen LogP contribution in [0.4, 0.5) is 0 Å². The Kier molecular flexibility index (Phi) is 9.62. The minimum Gasteiger partial charge on any atom is -0.377 e. The summed E-state index contributed by atoms with van der Waals surface area (Å²) in [5, 5.41) is 4.83. The lowest BCUT2D eigenvalue weighted by atomic mass is 10.4. The van der Waals surface area contributed by atoms with Crippen LogP contribution in [0.3, 0.4) is 0 Å². The molecule has 0 amide bonds. The summed E-state index contributed by atoms with van der Waals surface area (Å²) in [6.07, 6.45) is 0. The summed E-state index contributed by atoms with van der Waals surface area (Å²) in [6, 6.07) is 41.6. The fourth-order valence-electron chi connectivity index (χ4n) is 3.33. The lowest BCUT2D eigenvalue weighted by Gasteiger charge is -2.19. The standard InChI is InChI=1S/C28H28O3P2/c1-5-13-25(14-6-1)32(26-15-7-2-8-16-26)30-23-21-29-22-24-31-33(27-17-9-3-10-18-27)28-19-11-4-12-20-28/h1-20H,21-24H2. The Labute approximate surface area is 199 Å². The van der Waals surface area contributed by atoms with Crippen LogP contribution >= 0.6 is 16.3 Å². The van der Waals surface area contributed by atoms with Crippen LogP contribution in [-0.2, 0) is 13.8 Å². The van der Waals surface area contributed by atoms with Crippen molar-refractivity contribution in [3.05, 3.63) is 121 Å². The maximum absolute atomic E-state index is 6.28. The van der Waals surface area contributed by atoms with Crippen molar-refractivity contribution in [3.8, 4) is 0 Å². The second kappa shape index (κ2) is 13.4. The van der Waals surface area contributed by atoms with Crippen molar-refractivity contribution in [1.82, 2.24) is 0 Å². The van der Waals surface area contributed by atoms with Crippen LogP contribution in [0, 0.1) is 0 Å². The smallest absolute Gasteiger partial charge is 0.0918 e. The highest BCUT2D eigenvalue weighted by molar-refractivity contribution is 7.68. The van der Waals surface area contributed by atoms with Gasteiger partial charge in [0.2, 0.25) is 0 Å². The van der Waals surface area contributed by atoms with Crippen molar-refractivity contribution in [2.45, 2.75) is 0 Å². The molecule has 5 heteroatoms. The van der Waals surface area contributed by atoms with Crippen LogP contribution in [0.2, 0.25) is 0 Å². The number of rotatable bonds is 12. The van der Waals surface area contributed by atoms with E-state index in [-0.39, 0.29) is 0 Å². The van der Waals surface area contributed by atoms with Crippen LogP contribution in [0.1, 0.15) is 0 Å². The summed E-state index contributed by atoms with van der Waals surface area (Å²) in [7, 11) is -1.71. The summed E-state index contributed by atoms with van der Waals surface area (Å²) in [5.41, 5.74) is 0. The molecule has 0 fully saturated rings. The Hall–Kier alpha value is -2.38. The van der Waals surface area contributed by atoms with E-state index in [2.05, 4.69) is 97.1 Å². The Morgan fingerprint density at radius 1 is 0.364 bits per heavy atom. The summed E-state index contributed by atoms with van der Waals surface area (Å²) >= 11 is 0. The van der Waals surface area contributed by atoms with E-state index in [4.69, 9.17) is 13.8 Å². The molecular formula is C28H28O3P2. The molecule has 0 saturated carbocycles. The molecule has 33 heavy (non-hydrogen) atoms. The van der Waals surface area contributed by atoms with Gasteiger partial charge in [0.25, 0.3) is 0 Å². The van der Waals surface area contributed by atoms with E-state index in [0.29, 0.717) is 26.4 Å². The van der Waals surface area contributed by atoms with Crippen molar-refractivity contribution in [1.29, 1.82) is 0 Å². The van der Waals surface area contributed by atoms with E-state index >= 15 is 0 Å². The van der Waals surface area contributed by atoms with Crippen molar-refractivity contribution >= 4 is 37.5 Å². The molecular weight excluding hydrogens is 446 g/mol. The van der Waals surface area contributed by atoms with Crippen molar-refractivity contribution in [3.63, 3.8) is 0 Å². The molecule has 0 saturated heterocycles. The van der Waals surface area contributed by atoms with Gasteiger partial charge in [-0.3, -0.25) is 0 Å². The van der Waals surface area contributed by atoms with Crippen LogP contribution in [0.5, 0.6) is 0 Å². The molecule has 4 aromatic rings. The van der Waals surface area contributed by atoms with Crippen molar-refractivity contribution in [2.75, 3.05) is 26.4 Å². The molecule has 3 nitrogen and oxygen atoms in total. The van der Waals surface area contributed by atoms with Gasteiger partial charge in [0, 0.05) is 21.2 Å². The van der Waals surface area contributed by atoms with Gasteiger partial charge < -0.3 is 13.8 Å². The van der Waals surface area contributed by atoms with E-state index in [9.17, 15) is 0 Å². The normalized spacial score (nSPS) is 11.2.